The van der Waals surface area contributed by atoms with Crippen LogP contribution in [0.3, 0.4) is 0 Å². The quantitative estimate of drug-likeness (QED) is 0.607. The van der Waals surface area contributed by atoms with Crippen LogP contribution in [0.25, 0.3) is 0 Å². The number of sulfonamides is 2. The Hall–Kier alpha value is -2.43. The zero-order valence-electron chi connectivity index (χ0n) is 19.0. The third kappa shape index (κ3) is 6.13. The van der Waals surface area contributed by atoms with Crippen LogP contribution in [-0.4, -0.2) is 52.4 Å². The zero-order valence-corrected chi connectivity index (χ0v) is 20.6. The molecule has 1 heterocycles. The van der Waals surface area contributed by atoms with Crippen molar-refractivity contribution in [3.63, 3.8) is 0 Å². The predicted octanol–water partition coefficient (Wildman–Crippen LogP) is 3.43. The van der Waals surface area contributed by atoms with Crippen molar-refractivity contribution in [3.8, 4) is 0 Å². The van der Waals surface area contributed by atoms with Gasteiger partial charge in [-0.15, -0.1) is 0 Å². The second-order valence-electron chi connectivity index (χ2n) is 8.15. The van der Waals surface area contributed by atoms with Crippen LogP contribution in [0.1, 0.15) is 39.0 Å². The molecule has 2 aromatic rings. The van der Waals surface area contributed by atoms with E-state index >= 15 is 0 Å². The topological polar surface area (TPSA) is 104 Å². The van der Waals surface area contributed by atoms with Crippen LogP contribution in [0.4, 0.5) is 11.4 Å². The Labute approximate surface area is 196 Å². The average Bonchev–Trinajstić information content (AvgIpc) is 3.07. The largest absolute Gasteiger partial charge is 0.324 e. The smallest absolute Gasteiger partial charge is 0.248 e. The van der Waals surface area contributed by atoms with Crippen LogP contribution in [0.5, 0.6) is 0 Å². The molecule has 33 heavy (non-hydrogen) atoms. The first-order valence-electron chi connectivity index (χ1n) is 11.1. The molecule has 2 aromatic carbocycles. The normalized spacial score (nSPS) is 16.5. The molecular weight excluding hydrogens is 462 g/mol. The molecule has 3 rings (SSSR count). The molecule has 8 nitrogen and oxygen atoms in total. The van der Waals surface area contributed by atoms with Gasteiger partial charge < -0.3 is 5.32 Å². The SMILES string of the molecule is CC[C@@H](C(=O)Nc1ccc(S(=O)(=O)N2CCCCCC2)cc1)N(c1ccccc1)S(C)(=O)=O. The van der Waals surface area contributed by atoms with Gasteiger partial charge in [0.05, 0.1) is 16.8 Å². The number of benzene rings is 2. The first-order chi connectivity index (χ1) is 15.6. The maximum Gasteiger partial charge on any atom is 0.248 e. The lowest BCUT2D eigenvalue weighted by atomic mass is 10.2. The monoisotopic (exact) mass is 493 g/mol. The van der Waals surface area contributed by atoms with Gasteiger partial charge in [0, 0.05) is 18.8 Å². The minimum Gasteiger partial charge on any atom is -0.324 e. The molecule has 0 saturated carbocycles. The zero-order chi connectivity index (χ0) is 24.1. The number of carbonyl (C=O) groups excluding carboxylic acids is 1. The van der Waals surface area contributed by atoms with Crippen LogP contribution in [0.2, 0.25) is 0 Å². The lowest BCUT2D eigenvalue weighted by Gasteiger charge is -2.30. The van der Waals surface area contributed by atoms with E-state index < -0.39 is 32.0 Å². The van der Waals surface area contributed by atoms with E-state index in [0.29, 0.717) is 24.5 Å². The first-order valence-corrected chi connectivity index (χ1v) is 14.4. The maximum atomic E-state index is 13.0. The number of anilines is 2. The summed E-state index contributed by atoms with van der Waals surface area (Å²) in [4.78, 5) is 13.2. The lowest BCUT2D eigenvalue weighted by Crippen LogP contribution is -2.46. The molecule has 0 unspecified atom stereocenters. The summed E-state index contributed by atoms with van der Waals surface area (Å²) in [6, 6.07) is 13.5. The Morgan fingerprint density at radius 2 is 1.52 bits per heavy atom. The van der Waals surface area contributed by atoms with E-state index in [0.717, 1.165) is 36.2 Å². The summed E-state index contributed by atoms with van der Waals surface area (Å²) in [5.41, 5.74) is 0.802. The van der Waals surface area contributed by atoms with Crippen molar-refractivity contribution >= 4 is 37.3 Å². The van der Waals surface area contributed by atoms with Gasteiger partial charge in [-0.1, -0.05) is 38.0 Å². The van der Waals surface area contributed by atoms with Crippen LogP contribution in [0.15, 0.2) is 59.5 Å². The number of hydrogen-bond donors (Lipinski definition) is 1. The molecule has 1 aliphatic heterocycles. The van der Waals surface area contributed by atoms with E-state index in [1.165, 1.54) is 28.6 Å². The maximum absolute atomic E-state index is 13.0. The Kier molecular flexibility index (Phi) is 8.14. The van der Waals surface area contributed by atoms with E-state index in [2.05, 4.69) is 5.32 Å². The highest BCUT2D eigenvalue weighted by Gasteiger charge is 2.31. The van der Waals surface area contributed by atoms with Gasteiger partial charge in [-0.3, -0.25) is 9.10 Å². The average molecular weight is 494 g/mol. The molecule has 0 aliphatic carbocycles. The summed E-state index contributed by atoms with van der Waals surface area (Å²) in [6.07, 6.45) is 5.09. The number of nitrogens with one attached hydrogen (secondary N) is 1. The summed E-state index contributed by atoms with van der Waals surface area (Å²) in [6.45, 7) is 2.77. The van der Waals surface area contributed by atoms with Crippen molar-refractivity contribution in [3.05, 3.63) is 54.6 Å². The first kappa shape index (κ1) is 25.2. The molecule has 180 valence electrons. The van der Waals surface area contributed by atoms with Gasteiger partial charge in [-0.05, 0) is 55.7 Å². The number of amides is 1. The van der Waals surface area contributed by atoms with Gasteiger partial charge in [-0.25, -0.2) is 16.8 Å². The third-order valence-corrected chi connectivity index (χ3v) is 8.76. The second-order valence-corrected chi connectivity index (χ2v) is 11.9. The second kappa shape index (κ2) is 10.7. The van der Waals surface area contributed by atoms with Gasteiger partial charge in [0.2, 0.25) is 26.0 Å². The number of para-hydroxylation sites is 1. The highest BCUT2D eigenvalue weighted by Crippen LogP contribution is 2.24. The van der Waals surface area contributed by atoms with Crippen molar-refractivity contribution in [1.29, 1.82) is 0 Å². The van der Waals surface area contributed by atoms with E-state index in [1.807, 2.05) is 0 Å². The van der Waals surface area contributed by atoms with Crippen molar-refractivity contribution in [1.82, 2.24) is 4.31 Å². The molecule has 0 aromatic heterocycles. The summed E-state index contributed by atoms with van der Waals surface area (Å²) in [7, 11) is -7.31. The van der Waals surface area contributed by atoms with Crippen LogP contribution in [-0.2, 0) is 24.8 Å². The minimum atomic E-state index is -3.72. The fraction of sp³-hybridized carbons (Fsp3) is 0.435. The standard InChI is InChI=1S/C23H31N3O5S2/c1-3-22(26(32(2,28)29)20-11-7-6-8-12-20)23(27)24-19-13-15-21(16-14-19)33(30,31)25-17-9-4-5-10-18-25/h6-8,11-16,22H,3-5,9-10,17-18H2,1-2H3,(H,24,27)/t22-/m0/s1. The summed E-state index contributed by atoms with van der Waals surface area (Å²) >= 11 is 0. The van der Waals surface area contributed by atoms with Crippen LogP contribution in [0, 0.1) is 0 Å². The molecule has 0 radical (unpaired) electrons. The molecule has 1 aliphatic rings. The van der Waals surface area contributed by atoms with Crippen LogP contribution >= 0.6 is 0 Å². The van der Waals surface area contributed by atoms with Gasteiger partial charge in [-0.2, -0.15) is 4.31 Å². The molecule has 0 spiro atoms. The molecular formula is C23H31N3O5S2. The molecule has 0 bridgehead atoms. The van der Waals surface area contributed by atoms with E-state index in [1.54, 1.807) is 37.3 Å². The van der Waals surface area contributed by atoms with Gasteiger partial charge in [0.1, 0.15) is 6.04 Å². The predicted molar refractivity (Wildman–Crippen MR) is 130 cm³/mol. The van der Waals surface area contributed by atoms with Crippen molar-refractivity contribution < 1.29 is 21.6 Å². The Balaban J connectivity index is 1.78. The van der Waals surface area contributed by atoms with Crippen LogP contribution < -0.4 is 9.62 Å². The lowest BCUT2D eigenvalue weighted by molar-refractivity contribution is -0.117. The molecule has 1 saturated heterocycles. The Morgan fingerprint density at radius 3 is 2.03 bits per heavy atom. The highest BCUT2D eigenvalue weighted by molar-refractivity contribution is 7.92. The molecule has 1 fully saturated rings. The van der Waals surface area contributed by atoms with Gasteiger partial charge in [0.25, 0.3) is 0 Å². The summed E-state index contributed by atoms with van der Waals surface area (Å²) < 4.78 is 53.5. The fourth-order valence-corrected chi connectivity index (χ4v) is 6.73. The molecule has 1 atom stereocenters. The van der Waals surface area contributed by atoms with Crippen molar-refractivity contribution in [2.75, 3.05) is 29.0 Å². The summed E-state index contributed by atoms with van der Waals surface area (Å²) in [5.74, 6) is -0.491. The molecule has 1 amide bonds. The van der Waals surface area contributed by atoms with Gasteiger partial charge >= 0.3 is 0 Å². The van der Waals surface area contributed by atoms with E-state index in [-0.39, 0.29) is 11.3 Å². The minimum absolute atomic E-state index is 0.177. The van der Waals surface area contributed by atoms with E-state index in [9.17, 15) is 21.6 Å². The number of rotatable bonds is 8. The van der Waals surface area contributed by atoms with Crippen molar-refractivity contribution in [2.24, 2.45) is 0 Å². The summed E-state index contributed by atoms with van der Waals surface area (Å²) in [5, 5.41) is 2.73. The highest BCUT2D eigenvalue weighted by atomic mass is 32.2. The van der Waals surface area contributed by atoms with Gasteiger partial charge in [0.15, 0.2) is 0 Å². The third-order valence-electron chi connectivity index (χ3n) is 5.67. The number of hydrogen-bond acceptors (Lipinski definition) is 5. The number of nitrogens with zero attached hydrogens (tertiary/aromatic N) is 2. The molecule has 10 heteroatoms. The van der Waals surface area contributed by atoms with E-state index in [4.69, 9.17) is 0 Å². The fourth-order valence-electron chi connectivity index (χ4n) is 4.00. The Bertz CT molecular complexity index is 1140. The number of carbonyl (C=O) groups is 1. The Morgan fingerprint density at radius 1 is 0.939 bits per heavy atom. The van der Waals surface area contributed by atoms with Crippen molar-refractivity contribution in [2.45, 2.75) is 50.0 Å². The molecule has 1 N–H and O–H groups in total.